The molecule has 0 amide bonds. The average molecular weight is 244 g/mol. The van der Waals surface area contributed by atoms with E-state index < -0.39 is 0 Å². The number of aromatic amines is 1. The number of carbonyl (C=O) groups is 1. The van der Waals surface area contributed by atoms with Crippen molar-refractivity contribution in [3.63, 3.8) is 0 Å². The van der Waals surface area contributed by atoms with Crippen LogP contribution in [-0.2, 0) is 16.0 Å². The van der Waals surface area contributed by atoms with Crippen LogP contribution in [0.3, 0.4) is 0 Å². The van der Waals surface area contributed by atoms with Crippen LogP contribution in [0.1, 0.15) is 17.1 Å². The molecule has 0 aliphatic heterocycles. The van der Waals surface area contributed by atoms with Gasteiger partial charge in [-0.15, -0.1) is 0 Å². The molecule has 1 N–H and O–H groups in total. The molecule has 2 rings (SSSR count). The third-order valence-electron chi connectivity index (χ3n) is 2.87. The van der Waals surface area contributed by atoms with Crippen LogP contribution < -0.4 is 0 Å². The van der Waals surface area contributed by atoms with E-state index in [1.54, 1.807) is 0 Å². The number of hydrogen-bond acceptors (Lipinski definition) is 3. The van der Waals surface area contributed by atoms with E-state index in [1.807, 2.05) is 38.1 Å². The van der Waals surface area contributed by atoms with Gasteiger partial charge in [0.1, 0.15) is 12.2 Å². The van der Waals surface area contributed by atoms with Crippen molar-refractivity contribution < 1.29 is 9.53 Å². The van der Waals surface area contributed by atoms with E-state index in [0.717, 1.165) is 22.5 Å². The van der Waals surface area contributed by atoms with Crippen molar-refractivity contribution in [2.24, 2.45) is 0 Å². The lowest BCUT2D eigenvalue weighted by atomic mass is 10.1. The molecule has 0 spiro atoms. The maximum absolute atomic E-state index is 11.2. The van der Waals surface area contributed by atoms with Gasteiger partial charge in [-0.1, -0.05) is 24.3 Å². The normalized spacial score (nSPS) is 10.4. The Balaban J connectivity index is 2.35. The summed E-state index contributed by atoms with van der Waals surface area (Å²) in [5.74, 6) is 0.345. The number of esters is 1. The molecule has 94 valence electrons. The Bertz CT molecular complexity index is 573. The molecule has 0 aliphatic carbocycles. The number of benzene rings is 1. The second kappa shape index (κ2) is 5.04. The topological polar surface area (TPSA) is 55.0 Å². The van der Waals surface area contributed by atoms with Crippen molar-refractivity contribution in [3.05, 3.63) is 41.3 Å². The van der Waals surface area contributed by atoms with Crippen molar-refractivity contribution >= 4 is 5.97 Å². The van der Waals surface area contributed by atoms with E-state index in [9.17, 15) is 4.79 Å². The van der Waals surface area contributed by atoms with E-state index in [-0.39, 0.29) is 12.4 Å². The first-order valence-electron chi connectivity index (χ1n) is 5.80. The number of aryl methyl sites for hydroxylation is 2. The van der Waals surface area contributed by atoms with Crippen molar-refractivity contribution in [1.29, 1.82) is 0 Å². The van der Waals surface area contributed by atoms with E-state index >= 15 is 0 Å². The van der Waals surface area contributed by atoms with Gasteiger partial charge in [-0.3, -0.25) is 4.79 Å². The van der Waals surface area contributed by atoms with Gasteiger partial charge in [0.2, 0.25) is 0 Å². The number of hydrogen-bond donors (Lipinski definition) is 1. The molecule has 4 heteroatoms. The zero-order valence-electron chi connectivity index (χ0n) is 10.8. The number of rotatable bonds is 3. The summed E-state index contributed by atoms with van der Waals surface area (Å²) in [5.41, 5.74) is 4.11. The number of nitrogens with zero attached hydrogens (tertiary/aromatic N) is 1. The summed E-state index contributed by atoms with van der Waals surface area (Å²) < 4.78 is 4.63. The highest BCUT2D eigenvalue weighted by molar-refractivity contribution is 5.72. The van der Waals surface area contributed by atoms with Crippen molar-refractivity contribution in [1.82, 2.24) is 9.97 Å². The Hall–Kier alpha value is -2.10. The van der Waals surface area contributed by atoms with Gasteiger partial charge in [-0.2, -0.15) is 0 Å². The van der Waals surface area contributed by atoms with E-state index in [1.165, 1.54) is 7.11 Å². The summed E-state index contributed by atoms with van der Waals surface area (Å²) in [5, 5.41) is 0. The summed E-state index contributed by atoms with van der Waals surface area (Å²) in [7, 11) is 1.38. The lowest BCUT2D eigenvalue weighted by molar-refractivity contribution is -0.139. The first kappa shape index (κ1) is 12.4. The van der Waals surface area contributed by atoms with E-state index in [4.69, 9.17) is 0 Å². The number of aromatic nitrogens is 2. The Morgan fingerprint density at radius 3 is 2.72 bits per heavy atom. The first-order chi connectivity index (χ1) is 8.61. The number of imidazole rings is 1. The Labute approximate surface area is 106 Å². The predicted molar refractivity (Wildman–Crippen MR) is 69.2 cm³/mol. The molecule has 1 aromatic carbocycles. The zero-order chi connectivity index (χ0) is 13.1. The fourth-order valence-corrected chi connectivity index (χ4v) is 1.92. The molecule has 0 bridgehead atoms. The SMILES string of the molecule is COC(=O)Cc1nc(-c2ccccc2C)c(C)[nH]1. The van der Waals surface area contributed by atoms with Crippen LogP contribution in [0, 0.1) is 13.8 Å². The number of ether oxygens (including phenoxy) is 1. The third-order valence-corrected chi connectivity index (χ3v) is 2.87. The summed E-state index contributed by atoms with van der Waals surface area (Å²) in [4.78, 5) is 18.8. The molecule has 0 aliphatic rings. The van der Waals surface area contributed by atoms with Crippen LogP contribution in [0.5, 0.6) is 0 Å². The van der Waals surface area contributed by atoms with Crippen molar-refractivity contribution in [2.45, 2.75) is 20.3 Å². The van der Waals surface area contributed by atoms with Crippen LogP contribution in [0.4, 0.5) is 0 Å². The first-order valence-corrected chi connectivity index (χ1v) is 5.80. The number of nitrogens with one attached hydrogen (secondary N) is 1. The second-order valence-electron chi connectivity index (χ2n) is 4.22. The molecular formula is C14H16N2O2. The highest BCUT2D eigenvalue weighted by Gasteiger charge is 2.13. The summed E-state index contributed by atoms with van der Waals surface area (Å²) in [6.45, 7) is 4.00. The van der Waals surface area contributed by atoms with E-state index in [0.29, 0.717) is 5.82 Å². The fraction of sp³-hybridized carbons (Fsp3) is 0.286. The largest absolute Gasteiger partial charge is 0.469 e. The Kier molecular flexibility index (Phi) is 3.46. The molecule has 0 unspecified atom stereocenters. The standard InChI is InChI=1S/C14H16N2O2/c1-9-6-4-5-7-11(9)14-10(2)15-12(16-14)8-13(17)18-3/h4-7H,8H2,1-3H3,(H,15,16). The molecule has 0 saturated heterocycles. The minimum Gasteiger partial charge on any atom is -0.469 e. The minimum absolute atomic E-state index is 0.170. The molecule has 4 nitrogen and oxygen atoms in total. The van der Waals surface area contributed by atoms with Crippen molar-refractivity contribution in [3.8, 4) is 11.3 Å². The maximum Gasteiger partial charge on any atom is 0.313 e. The third kappa shape index (κ3) is 2.42. The van der Waals surface area contributed by atoms with Crippen LogP contribution in [0.2, 0.25) is 0 Å². The fourth-order valence-electron chi connectivity index (χ4n) is 1.92. The summed E-state index contributed by atoms with van der Waals surface area (Å²) in [6.07, 6.45) is 0.170. The zero-order valence-corrected chi connectivity index (χ0v) is 10.8. The number of H-pyrrole nitrogens is 1. The molecule has 1 aromatic heterocycles. The van der Waals surface area contributed by atoms with Gasteiger partial charge in [-0.05, 0) is 19.4 Å². The summed E-state index contributed by atoms with van der Waals surface area (Å²) in [6, 6.07) is 8.05. The molecule has 0 saturated carbocycles. The van der Waals surface area contributed by atoms with Crippen LogP contribution in [0.25, 0.3) is 11.3 Å². The minimum atomic E-state index is -0.292. The Morgan fingerprint density at radius 1 is 1.33 bits per heavy atom. The van der Waals surface area contributed by atoms with Gasteiger partial charge in [0.05, 0.1) is 12.8 Å². The molecule has 0 radical (unpaired) electrons. The Morgan fingerprint density at radius 2 is 2.06 bits per heavy atom. The van der Waals surface area contributed by atoms with Gasteiger partial charge in [0, 0.05) is 11.3 Å². The monoisotopic (exact) mass is 244 g/mol. The quantitative estimate of drug-likeness (QED) is 0.843. The molecule has 1 heterocycles. The maximum atomic E-state index is 11.2. The van der Waals surface area contributed by atoms with Crippen LogP contribution in [0.15, 0.2) is 24.3 Å². The molecule has 2 aromatic rings. The van der Waals surface area contributed by atoms with E-state index in [2.05, 4.69) is 14.7 Å². The van der Waals surface area contributed by atoms with Gasteiger partial charge in [0.15, 0.2) is 0 Å². The number of methoxy groups -OCH3 is 1. The molecular weight excluding hydrogens is 228 g/mol. The van der Waals surface area contributed by atoms with Gasteiger partial charge in [-0.25, -0.2) is 4.98 Å². The predicted octanol–water partition coefficient (Wildman–Crippen LogP) is 2.41. The second-order valence-corrected chi connectivity index (χ2v) is 4.22. The van der Waals surface area contributed by atoms with Gasteiger partial charge < -0.3 is 9.72 Å². The van der Waals surface area contributed by atoms with Gasteiger partial charge in [0.25, 0.3) is 0 Å². The summed E-state index contributed by atoms with van der Waals surface area (Å²) >= 11 is 0. The van der Waals surface area contributed by atoms with Crippen molar-refractivity contribution in [2.75, 3.05) is 7.11 Å². The number of carbonyl (C=O) groups excluding carboxylic acids is 1. The highest BCUT2D eigenvalue weighted by atomic mass is 16.5. The molecule has 0 atom stereocenters. The van der Waals surface area contributed by atoms with Crippen LogP contribution in [-0.4, -0.2) is 23.0 Å². The smallest absolute Gasteiger partial charge is 0.313 e. The lowest BCUT2D eigenvalue weighted by Gasteiger charge is -2.02. The molecule has 0 fully saturated rings. The van der Waals surface area contributed by atoms with Crippen LogP contribution >= 0.6 is 0 Å². The van der Waals surface area contributed by atoms with Gasteiger partial charge >= 0.3 is 5.97 Å². The molecule has 18 heavy (non-hydrogen) atoms. The lowest BCUT2D eigenvalue weighted by Crippen LogP contribution is -2.05. The highest BCUT2D eigenvalue weighted by Crippen LogP contribution is 2.24. The average Bonchev–Trinajstić information content (AvgIpc) is 2.70.